The van der Waals surface area contributed by atoms with Gasteiger partial charge in [0.05, 0.1) is 5.56 Å². The summed E-state index contributed by atoms with van der Waals surface area (Å²) in [5.41, 5.74) is 2.69. The van der Waals surface area contributed by atoms with E-state index in [-0.39, 0.29) is 11.5 Å². The molecule has 0 aliphatic carbocycles. The summed E-state index contributed by atoms with van der Waals surface area (Å²) >= 11 is 3.21. The Labute approximate surface area is 150 Å². The van der Waals surface area contributed by atoms with Gasteiger partial charge in [0.1, 0.15) is 5.82 Å². The van der Waals surface area contributed by atoms with Crippen molar-refractivity contribution < 1.29 is 9.18 Å². The molecule has 24 heavy (non-hydrogen) atoms. The molecule has 3 rings (SSSR count). The molecule has 0 saturated carbocycles. The summed E-state index contributed by atoms with van der Waals surface area (Å²) in [6.07, 6.45) is 0. The molecule has 1 heterocycles. The minimum Gasteiger partial charge on any atom is -0.336 e. The normalized spacial score (nSPS) is 15.5. The maximum atomic E-state index is 14.0. The molecule has 2 aromatic carbocycles. The Balaban J connectivity index is 1.59. The molecule has 0 atom stereocenters. The Hall–Kier alpha value is -1.72. The molecule has 0 bridgehead atoms. The van der Waals surface area contributed by atoms with Crippen molar-refractivity contribution in [3.8, 4) is 0 Å². The maximum absolute atomic E-state index is 14.0. The van der Waals surface area contributed by atoms with E-state index in [4.69, 9.17) is 0 Å². The van der Waals surface area contributed by atoms with Crippen molar-refractivity contribution >= 4 is 21.8 Å². The zero-order chi connectivity index (χ0) is 17.1. The summed E-state index contributed by atoms with van der Waals surface area (Å²) in [5.74, 6) is -0.702. The van der Waals surface area contributed by atoms with E-state index in [1.54, 1.807) is 17.0 Å². The Kier molecular flexibility index (Phi) is 5.31. The van der Waals surface area contributed by atoms with Crippen LogP contribution in [0.25, 0.3) is 0 Å². The van der Waals surface area contributed by atoms with Gasteiger partial charge in [-0.15, -0.1) is 0 Å². The molecule has 5 heteroatoms. The number of amides is 1. The van der Waals surface area contributed by atoms with Gasteiger partial charge in [-0.1, -0.05) is 45.8 Å². The number of carbonyl (C=O) groups excluding carboxylic acids is 1. The predicted octanol–water partition coefficient (Wildman–Crippen LogP) is 3.85. The molecule has 1 aliphatic heterocycles. The van der Waals surface area contributed by atoms with E-state index >= 15 is 0 Å². The highest BCUT2D eigenvalue weighted by Gasteiger charge is 2.24. The van der Waals surface area contributed by atoms with Crippen LogP contribution in [0.5, 0.6) is 0 Å². The summed E-state index contributed by atoms with van der Waals surface area (Å²) in [4.78, 5) is 16.6. The van der Waals surface area contributed by atoms with Gasteiger partial charge < -0.3 is 4.90 Å². The number of halogens is 2. The number of piperazine rings is 1. The molecule has 3 nitrogen and oxygen atoms in total. The topological polar surface area (TPSA) is 23.6 Å². The lowest BCUT2D eigenvalue weighted by Gasteiger charge is -2.35. The molecule has 1 amide bonds. The summed E-state index contributed by atoms with van der Waals surface area (Å²) < 4.78 is 14.6. The fourth-order valence-electron chi connectivity index (χ4n) is 3.01. The van der Waals surface area contributed by atoms with Crippen LogP contribution in [-0.2, 0) is 6.54 Å². The van der Waals surface area contributed by atoms with Crippen LogP contribution in [-0.4, -0.2) is 41.9 Å². The van der Waals surface area contributed by atoms with Crippen LogP contribution >= 0.6 is 15.9 Å². The molecular weight excluding hydrogens is 371 g/mol. The molecular formula is C19H20BrFN2O. The lowest BCUT2D eigenvalue weighted by molar-refractivity contribution is 0.0624. The van der Waals surface area contributed by atoms with Gasteiger partial charge in [0.15, 0.2) is 0 Å². The number of hydrogen-bond donors (Lipinski definition) is 0. The lowest BCUT2D eigenvalue weighted by Crippen LogP contribution is -2.48. The van der Waals surface area contributed by atoms with Crippen LogP contribution in [0.3, 0.4) is 0 Å². The number of benzene rings is 2. The van der Waals surface area contributed by atoms with Crippen molar-refractivity contribution in [2.75, 3.05) is 26.2 Å². The second-order valence-electron chi connectivity index (χ2n) is 6.18. The van der Waals surface area contributed by atoms with Crippen molar-refractivity contribution in [3.05, 3.63) is 69.4 Å². The quantitative estimate of drug-likeness (QED) is 0.794. The van der Waals surface area contributed by atoms with Gasteiger partial charge in [-0.05, 0) is 30.7 Å². The molecule has 1 fully saturated rings. The average molecular weight is 391 g/mol. The van der Waals surface area contributed by atoms with E-state index in [1.165, 1.54) is 17.2 Å². The van der Waals surface area contributed by atoms with Crippen molar-refractivity contribution in [2.24, 2.45) is 0 Å². The van der Waals surface area contributed by atoms with Crippen molar-refractivity contribution in [1.29, 1.82) is 0 Å². The molecule has 1 aliphatic rings. The molecule has 2 aromatic rings. The number of aryl methyl sites for hydroxylation is 1. The molecule has 1 saturated heterocycles. The van der Waals surface area contributed by atoms with Gasteiger partial charge in [-0.25, -0.2) is 4.39 Å². The van der Waals surface area contributed by atoms with Gasteiger partial charge in [-0.2, -0.15) is 0 Å². The first-order valence-electron chi connectivity index (χ1n) is 8.05. The van der Waals surface area contributed by atoms with E-state index in [2.05, 4.69) is 52.0 Å². The monoisotopic (exact) mass is 390 g/mol. The maximum Gasteiger partial charge on any atom is 0.256 e. The first-order chi connectivity index (χ1) is 11.5. The van der Waals surface area contributed by atoms with Crippen LogP contribution < -0.4 is 0 Å². The molecule has 0 aromatic heterocycles. The number of hydrogen-bond acceptors (Lipinski definition) is 2. The first kappa shape index (κ1) is 17.1. The smallest absolute Gasteiger partial charge is 0.256 e. The molecule has 0 N–H and O–H groups in total. The Morgan fingerprint density at radius 3 is 2.54 bits per heavy atom. The molecule has 0 unspecified atom stereocenters. The third kappa shape index (κ3) is 4.02. The highest BCUT2D eigenvalue weighted by atomic mass is 79.9. The van der Waals surface area contributed by atoms with Gasteiger partial charge in [0.2, 0.25) is 0 Å². The van der Waals surface area contributed by atoms with Crippen LogP contribution in [0.1, 0.15) is 21.5 Å². The van der Waals surface area contributed by atoms with E-state index in [1.807, 2.05) is 0 Å². The predicted molar refractivity (Wildman–Crippen MR) is 96.5 cm³/mol. The second-order valence-corrected chi connectivity index (χ2v) is 7.10. The van der Waals surface area contributed by atoms with E-state index in [9.17, 15) is 9.18 Å². The zero-order valence-electron chi connectivity index (χ0n) is 13.6. The highest BCUT2D eigenvalue weighted by Crippen LogP contribution is 2.18. The van der Waals surface area contributed by atoms with E-state index in [0.717, 1.165) is 19.6 Å². The largest absolute Gasteiger partial charge is 0.336 e. The van der Waals surface area contributed by atoms with E-state index in [0.29, 0.717) is 17.6 Å². The van der Waals surface area contributed by atoms with Crippen LogP contribution in [0.4, 0.5) is 4.39 Å². The standard InChI is InChI=1S/C19H20BrFN2O/c1-14-3-2-4-15(11-14)13-22-7-9-23(10-8-22)19(24)17-6-5-16(20)12-18(17)21/h2-6,11-12H,7-10,13H2,1H3. The van der Waals surface area contributed by atoms with Gasteiger partial charge in [-0.3, -0.25) is 9.69 Å². The van der Waals surface area contributed by atoms with Crippen molar-refractivity contribution in [3.63, 3.8) is 0 Å². The summed E-state index contributed by atoms with van der Waals surface area (Å²) in [7, 11) is 0. The van der Waals surface area contributed by atoms with Crippen LogP contribution in [0.15, 0.2) is 46.9 Å². The Morgan fingerprint density at radius 2 is 1.88 bits per heavy atom. The van der Waals surface area contributed by atoms with Crippen molar-refractivity contribution in [2.45, 2.75) is 13.5 Å². The fraction of sp³-hybridized carbons (Fsp3) is 0.316. The average Bonchev–Trinajstić information content (AvgIpc) is 2.55. The third-order valence-electron chi connectivity index (χ3n) is 4.31. The van der Waals surface area contributed by atoms with Gasteiger partial charge >= 0.3 is 0 Å². The Morgan fingerprint density at radius 1 is 1.12 bits per heavy atom. The Bertz CT molecular complexity index is 742. The summed E-state index contributed by atoms with van der Waals surface area (Å²) in [5, 5.41) is 0. The minimum atomic E-state index is -0.475. The second kappa shape index (κ2) is 7.45. The SMILES string of the molecule is Cc1cccc(CN2CCN(C(=O)c3ccc(Br)cc3F)CC2)c1. The summed E-state index contributed by atoms with van der Waals surface area (Å²) in [6.45, 7) is 5.83. The van der Waals surface area contributed by atoms with E-state index < -0.39 is 5.82 Å². The lowest BCUT2D eigenvalue weighted by atomic mass is 10.1. The minimum absolute atomic E-state index is 0.144. The van der Waals surface area contributed by atoms with Crippen LogP contribution in [0.2, 0.25) is 0 Å². The highest BCUT2D eigenvalue weighted by molar-refractivity contribution is 9.10. The summed E-state index contributed by atoms with van der Waals surface area (Å²) in [6, 6.07) is 13.1. The number of nitrogens with zero attached hydrogens (tertiary/aromatic N) is 2. The van der Waals surface area contributed by atoms with Gasteiger partial charge in [0.25, 0.3) is 5.91 Å². The first-order valence-corrected chi connectivity index (χ1v) is 8.84. The third-order valence-corrected chi connectivity index (χ3v) is 4.80. The fourth-order valence-corrected chi connectivity index (χ4v) is 3.34. The number of rotatable bonds is 3. The molecule has 0 spiro atoms. The number of carbonyl (C=O) groups is 1. The molecule has 0 radical (unpaired) electrons. The molecule has 126 valence electrons. The van der Waals surface area contributed by atoms with Gasteiger partial charge in [0, 0.05) is 37.2 Å². The van der Waals surface area contributed by atoms with Crippen molar-refractivity contribution in [1.82, 2.24) is 9.80 Å². The zero-order valence-corrected chi connectivity index (χ0v) is 15.2. The van der Waals surface area contributed by atoms with Crippen LogP contribution in [0, 0.1) is 12.7 Å².